The van der Waals surface area contributed by atoms with Crippen LogP contribution in [0.2, 0.25) is 0 Å². The van der Waals surface area contributed by atoms with E-state index in [2.05, 4.69) is 170 Å². The third-order valence-electron chi connectivity index (χ3n) is 12.7. The number of benzene rings is 10. The molecule has 0 fully saturated rings. The number of hydrogen-bond donors (Lipinski definition) is 0. The summed E-state index contributed by atoms with van der Waals surface area (Å²) in [5, 5.41) is 4.42. The molecule has 0 aliphatic carbocycles. The molecule has 0 amide bonds. The van der Waals surface area contributed by atoms with Crippen molar-refractivity contribution in [2.24, 2.45) is 0 Å². The predicted molar refractivity (Wildman–Crippen MR) is 268 cm³/mol. The summed E-state index contributed by atoms with van der Waals surface area (Å²) in [5.41, 5.74) is 15.1. The molecule has 0 spiro atoms. The Bertz CT molecular complexity index is 3840. The molecular formula is C61H37N3O2. The van der Waals surface area contributed by atoms with Crippen molar-refractivity contribution in [3.8, 4) is 101 Å². The maximum absolute atomic E-state index is 7.00. The summed E-state index contributed by atoms with van der Waals surface area (Å²) in [6.07, 6.45) is 0. The minimum atomic E-state index is 0.566. The van der Waals surface area contributed by atoms with Crippen LogP contribution in [0.25, 0.3) is 123 Å². The van der Waals surface area contributed by atoms with Crippen molar-refractivity contribution in [1.29, 1.82) is 0 Å². The molecule has 0 N–H and O–H groups in total. The van der Waals surface area contributed by atoms with Gasteiger partial charge >= 0.3 is 0 Å². The number of aromatic nitrogens is 3. The monoisotopic (exact) mass is 843 g/mol. The molecule has 10 aromatic carbocycles. The normalized spacial score (nSPS) is 11.8. The standard InChI is InChI=1S/C61H37N3O2/c1-4-16-38(17-5-1)45-35-51(56(39-18-6-2-7-19-39)52(36-45)50-29-15-28-49-48-27-13-22-40-23-14-31-54(57(40)48)66-58(49)50)42-24-12-25-43(34-42)60-62-59(41-20-8-3-9-21-41)63-61(64-60)44-32-33-47-46-26-10-11-30-53(46)65-55(47)37-44/h1-37H. The highest BCUT2D eigenvalue weighted by atomic mass is 16.5. The van der Waals surface area contributed by atoms with Crippen LogP contribution >= 0.6 is 0 Å². The first kappa shape index (κ1) is 37.6. The number of hydrogen-bond acceptors (Lipinski definition) is 5. The lowest BCUT2D eigenvalue weighted by atomic mass is 9.83. The molecule has 1 aliphatic heterocycles. The number of furan rings is 1. The summed E-state index contributed by atoms with van der Waals surface area (Å²) in [6, 6.07) is 78.3. The zero-order chi connectivity index (χ0) is 43.6. The maximum Gasteiger partial charge on any atom is 0.164 e. The lowest BCUT2D eigenvalue weighted by Crippen LogP contribution is -2.01. The van der Waals surface area contributed by atoms with Crippen molar-refractivity contribution in [2.45, 2.75) is 0 Å². The third-order valence-corrected chi connectivity index (χ3v) is 12.7. The molecule has 2 aromatic heterocycles. The van der Waals surface area contributed by atoms with Gasteiger partial charge in [0.05, 0.1) is 0 Å². The van der Waals surface area contributed by atoms with Crippen molar-refractivity contribution in [3.63, 3.8) is 0 Å². The SMILES string of the molecule is c1ccc(-c2cc(-c3cccc(-c4nc(-c5ccccc5)nc(-c5ccc6c(c5)oc5ccccc56)n4)c3)c(-c3ccccc3)c(-c3cccc4c3Oc3cccc5cccc-4c35)c2)cc1. The number of rotatable bonds is 7. The number of ether oxygens (including phenoxy) is 1. The molecule has 0 atom stereocenters. The fourth-order valence-electron chi connectivity index (χ4n) is 9.63. The van der Waals surface area contributed by atoms with E-state index in [1.165, 1.54) is 5.56 Å². The molecule has 5 heteroatoms. The Kier molecular flexibility index (Phi) is 8.78. The largest absolute Gasteiger partial charge is 0.456 e. The van der Waals surface area contributed by atoms with E-state index in [4.69, 9.17) is 24.1 Å². The zero-order valence-electron chi connectivity index (χ0n) is 35.5. The van der Waals surface area contributed by atoms with Crippen LogP contribution in [0.15, 0.2) is 229 Å². The summed E-state index contributed by atoms with van der Waals surface area (Å²) in [7, 11) is 0. The average molecular weight is 844 g/mol. The second kappa shape index (κ2) is 15.4. The van der Waals surface area contributed by atoms with Crippen LogP contribution in [0, 0.1) is 0 Å². The van der Waals surface area contributed by atoms with Gasteiger partial charge in [0.25, 0.3) is 0 Å². The van der Waals surface area contributed by atoms with Crippen LogP contribution in [0.4, 0.5) is 0 Å². The minimum absolute atomic E-state index is 0.566. The van der Waals surface area contributed by atoms with Crippen LogP contribution in [-0.4, -0.2) is 15.0 Å². The minimum Gasteiger partial charge on any atom is -0.456 e. The molecule has 308 valence electrons. The van der Waals surface area contributed by atoms with Crippen LogP contribution < -0.4 is 4.74 Å². The molecule has 0 saturated heterocycles. The fourth-order valence-corrected chi connectivity index (χ4v) is 9.63. The van der Waals surface area contributed by atoms with Crippen LogP contribution in [0.1, 0.15) is 0 Å². The Labute approximate surface area is 380 Å². The molecule has 0 bridgehead atoms. The first-order chi connectivity index (χ1) is 32.7. The first-order valence-corrected chi connectivity index (χ1v) is 22.2. The summed E-state index contributed by atoms with van der Waals surface area (Å²) in [6.45, 7) is 0. The second-order valence-corrected chi connectivity index (χ2v) is 16.7. The van der Waals surface area contributed by atoms with Gasteiger partial charge in [-0.25, -0.2) is 15.0 Å². The van der Waals surface area contributed by atoms with E-state index in [0.717, 1.165) is 111 Å². The Morgan fingerprint density at radius 2 is 0.848 bits per heavy atom. The molecule has 66 heavy (non-hydrogen) atoms. The molecule has 5 nitrogen and oxygen atoms in total. The van der Waals surface area contributed by atoms with Crippen molar-refractivity contribution < 1.29 is 9.15 Å². The van der Waals surface area contributed by atoms with E-state index >= 15 is 0 Å². The lowest BCUT2D eigenvalue weighted by Gasteiger charge is -2.25. The molecule has 0 saturated carbocycles. The van der Waals surface area contributed by atoms with Crippen molar-refractivity contribution >= 4 is 32.7 Å². The van der Waals surface area contributed by atoms with Gasteiger partial charge in [-0.2, -0.15) is 0 Å². The molecular weight excluding hydrogens is 807 g/mol. The van der Waals surface area contributed by atoms with E-state index < -0.39 is 0 Å². The number of para-hydroxylation sites is 2. The van der Waals surface area contributed by atoms with E-state index in [9.17, 15) is 0 Å². The highest BCUT2D eigenvalue weighted by molar-refractivity contribution is 6.08. The Balaban J connectivity index is 1.03. The Morgan fingerprint density at radius 3 is 1.62 bits per heavy atom. The van der Waals surface area contributed by atoms with Gasteiger partial charge in [0, 0.05) is 44.0 Å². The van der Waals surface area contributed by atoms with Crippen molar-refractivity contribution in [2.75, 3.05) is 0 Å². The van der Waals surface area contributed by atoms with Crippen LogP contribution in [0.3, 0.4) is 0 Å². The molecule has 1 aliphatic rings. The lowest BCUT2D eigenvalue weighted by molar-refractivity contribution is 0.489. The molecule has 3 heterocycles. The molecule has 0 unspecified atom stereocenters. The number of nitrogens with zero attached hydrogens (tertiary/aromatic N) is 3. The Hall–Kier alpha value is -8.93. The summed E-state index contributed by atoms with van der Waals surface area (Å²) in [5.74, 6) is 3.44. The van der Waals surface area contributed by atoms with Gasteiger partial charge in [0.15, 0.2) is 17.5 Å². The van der Waals surface area contributed by atoms with E-state index in [1.807, 2.05) is 54.6 Å². The van der Waals surface area contributed by atoms with E-state index in [-0.39, 0.29) is 0 Å². The van der Waals surface area contributed by atoms with Crippen molar-refractivity contribution in [3.05, 3.63) is 224 Å². The predicted octanol–water partition coefficient (Wildman–Crippen LogP) is 16.4. The van der Waals surface area contributed by atoms with Crippen LogP contribution in [-0.2, 0) is 0 Å². The van der Waals surface area contributed by atoms with Gasteiger partial charge in [-0.3, -0.25) is 0 Å². The average Bonchev–Trinajstić information content (AvgIpc) is 3.77. The summed E-state index contributed by atoms with van der Waals surface area (Å²) >= 11 is 0. The Morgan fingerprint density at radius 1 is 0.303 bits per heavy atom. The first-order valence-electron chi connectivity index (χ1n) is 22.2. The molecule has 12 aromatic rings. The highest BCUT2D eigenvalue weighted by Gasteiger charge is 2.26. The van der Waals surface area contributed by atoms with Gasteiger partial charge in [-0.15, -0.1) is 0 Å². The van der Waals surface area contributed by atoms with E-state index in [0.29, 0.717) is 17.5 Å². The molecule has 0 radical (unpaired) electrons. The fraction of sp³-hybridized carbons (Fsp3) is 0. The van der Waals surface area contributed by atoms with Gasteiger partial charge < -0.3 is 9.15 Å². The zero-order valence-corrected chi connectivity index (χ0v) is 35.5. The second-order valence-electron chi connectivity index (χ2n) is 16.7. The highest BCUT2D eigenvalue weighted by Crippen LogP contribution is 2.53. The van der Waals surface area contributed by atoms with Crippen LogP contribution in [0.5, 0.6) is 11.5 Å². The number of fused-ring (bicyclic) bond motifs is 5. The van der Waals surface area contributed by atoms with Gasteiger partial charge in [0.2, 0.25) is 0 Å². The third kappa shape index (κ3) is 6.36. The smallest absolute Gasteiger partial charge is 0.164 e. The van der Waals surface area contributed by atoms with E-state index in [1.54, 1.807) is 0 Å². The summed E-state index contributed by atoms with van der Waals surface area (Å²) < 4.78 is 13.3. The van der Waals surface area contributed by atoms with Crippen molar-refractivity contribution in [1.82, 2.24) is 15.0 Å². The summed E-state index contributed by atoms with van der Waals surface area (Å²) in [4.78, 5) is 15.4. The van der Waals surface area contributed by atoms with Gasteiger partial charge in [0.1, 0.15) is 22.7 Å². The quantitative estimate of drug-likeness (QED) is 0.160. The van der Waals surface area contributed by atoms with Gasteiger partial charge in [-0.1, -0.05) is 182 Å². The topological polar surface area (TPSA) is 61.0 Å². The molecule has 13 rings (SSSR count). The van der Waals surface area contributed by atoms with Gasteiger partial charge in [-0.05, 0) is 92.4 Å². The maximum atomic E-state index is 7.00.